The average molecular weight is 348 g/mol. The third kappa shape index (κ3) is 5.96. The van der Waals surface area contributed by atoms with E-state index in [1.807, 2.05) is 46.8 Å². The lowest BCUT2D eigenvalue weighted by molar-refractivity contribution is -0.127. The first kappa shape index (κ1) is 19.1. The summed E-state index contributed by atoms with van der Waals surface area (Å²) in [6.45, 7) is 10.6. The number of furan rings is 1. The zero-order valence-corrected chi connectivity index (χ0v) is 15.7. The van der Waals surface area contributed by atoms with Gasteiger partial charge in [0, 0.05) is 25.2 Å². The van der Waals surface area contributed by atoms with Gasteiger partial charge in [-0.2, -0.15) is 0 Å². The van der Waals surface area contributed by atoms with Gasteiger partial charge >= 0.3 is 6.09 Å². The fourth-order valence-electron chi connectivity index (χ4n) is 2.82. The Kier molecular flexibility index (Phi) is 5.93. The number of hydrogen-bond acceptors (Lipinski definition) is 4. The van der Waals surface area contributed by atoms with Crippen molar-refractivity contribution >= 4 is 18.1 Å². The summed E-state index contributed by atoms with van der Waals surface area (Å²) >= 11 is 0. The number of hydrogen-bond donors (Lipinski definition) is 1. The van der Waals surface area contributed by atoms with E-state index < -0.39 is 11.7 Å². The Morgan fingerprint density at radius 3 is 2.64 bits per heavy atom. The molecule has 1 aromatic rings. The molecule has 6 nitrogen and oxygen atoms in total. The van der Waals surface area contributed by atoms with E-state index in [-0.39, 0.29) is 17.9 Å². The topological polar surface area (TPSA) is 71.8 Å². The summed E-state index contributed by atoms with van der Waals surface area (Å²) in [5, 5.41) is 2.91. The van der Waals surface area contributed by atoms with Crippen LogP contribution in [0.5, 0.6) is 0 Å². The number of ether oxygens (including phenoxy) is 1. The molecule has 0 spiro atoms. The second kappa shape index (κ2) is 7.76. The van der Waals surface area contributed by atoms with E-state index in [9.17, 15) is 9.59 Å². The highest BCUT2D eigenvalue weighted by Crippen LogP contribution is 2.18. The average Bonchev–Trinajstić information content (AvgIpc) is 2.90. The van der Waals surface area contributed by atoms with Crippen molar-refractivity contribution in [1.29, 1.82) is 0 Å². The van der Waals surface area contributed by atoms with Gasteiger partial charge in [-0.05, 0) is 58.2 Å². The minimum absolute atomic E-state index is 0.00982. The van der Waals surface area contributed by atoms with Gasteiger partial charge in [0.15, 0.2) is 0 Å². The normalized spacial score (nSPS) is 21.4. The van der Waals surface area contributed by atoms with Crippen molar-refractivity contribution < 1.29 is 18.7 Å². The number of rotatable bonds is 3. The van der Waals surface area contributed by atoms with Gasteiger partial charge in [0.1, 0.15) is 17.1 Å². The Hall–Kier alpha value is -2.24. The highest BCUT2D eigenvalue weighted by atomic mass is 16.6. The van der Waals surface area contributed by atoms with Crippen molar-refractivity contribution in [3.63, 3.8) is 0 Å². The Morgan fingerprint density at radius 1 is 1.36 bits per heavy atom. The highest BCUT2D eigenvalue weighted by molar-refractivity contribution is 5.91. The molecule has 2 heterocycles. The molecule has 0 saturated carbocycles. The molecule has 25 heavy (non-hydrogen) atoms. The lowest BCUT2D eigenvalue weighted by Crippen LogP contribution is -2.52. The number of amides is 2. The van der Waals surface area contributed by atoms with Crippen LogP contribution in [0.3, 0.4) is 0 Å². The number of carbonyl (C=O) groups excluding carboxylic acids is 2. The molecule has 1 aromatic heterocycles. The van der Waals surface area contributed by atoms with E-state index in [2.05, 4.69) is 5.32 Å². The van der Waals surface area contributed by atoms with Gasteiger partial charge in [0.25, 0.3) is 0 Å². The van der Waals surface area contributed by atoms with Crippen LogP contribution in [0.1, 0.15) is 45.6 Å². The summed E-state index contributed by atoms with van der Waals surface area (Å²) in [5.74, 6) is 1.59. The molecular formula is C19H28N2O4. The van der Waals surface area contributed by atoms with Gasteiger partial charge in [0.2, 0.25) is 5.91 Å². The first-order valence-electron chi connectivity index (χ1n) is 8.67. The lowest BCUT2D eigenvalue weighted by Gasteiger charge is -2.37. The molecular weight excluding hydrogens is 320 g/mol. The van der Waals surface area contributed by atoms with E-state index in [4.69, 9.17) is 9.15 Å². The summed E-state index contributed by atoms with van der Waals surface area (Å²) in [4.78, 5) is 26.0. The quantitative estimate of drug-likeness (QED) is 0.850. The van der Waals surface area contributed by atoms with Crippen molar-refractivity contribution in [3.8, 4) is 0 Å². The SMILES string of the molecule is Cc1ccc(/C=C/C(=O)N2CC[C@H](NC(=O)OC(C)(C)C)[C@@H](C)C2)o1. The standard InChI is InChI=1S/C19H28N2O4/c1-13-12-21(17(22)9-8-15-7-6-14(2)24-15)11-10-16(13)20-18(23)25-19(3,4)5/h6-9,13,16H,10-12H2,1-5H3,(H,20,23)/b9-8+/t13-,16-/m0/s1. The molecule has 0 bridgehead atoms. The predicted molar refractivity (Wildman–Crippen MR) is 96.0 cm³/mol. The maximum atomic E-state index is 12.3. The predicted octanol–water partition coefficient (Wildman–Crippen LogP) is 3.36. The summed E-state index contributed by atoms with van der Waals surface area (Å²) < 4.78 is 10.7. The lowest BCUT2D eigenvalue weighted by atomic mass is 9.94. The smallest absolute Gasteiger partial charge is 0.407 e. The number of aryl methyl sites for hydroxylation is 1. The molecule has 2 atom stereocenters. The molecule has 1 aliphatic rings. The molecule has 0 aliphatic carbocycles. The summed E-state index contributed by atoms with van der Waals surface area (Å²) in [5.41, 5.74) is -0.515. The molecule has 1 saturated heterocycles. The summed E-state index contributed by atoms with van der Waals surface area (Å²) in [6.07, 6.45) is 3.52. The molecule has 0 aromatic carbocycles. The number of nitrogens with zero attached hydrogens (tertiary/aromatic N) is 1. The van der Waals surface area contributed by atoms with Crippen LogP contribution < -0.4 is 5.32 Å². The maximum Gasteiger partial charge on any atom is 0.407 e. The van der Waals surface area contributed by atoms with Gasteiger partial charge < -0.3 is 19.4 Å². The van der Waals surface area contributed by atoms with Gasteiger partial charge in [-0.1, -0.05) is 6.92 Å². The van der Waals surface area contributed by atoms with Crippen LogP contribution in [-0.2, 0) is 9.53 Å². The Labute approximate surface area is 149 Å². The molecule has 138 valence electrons. The Morgan fingerprint density at radius 2 is 2.08 bits per heavy atom. The van der Waals surface area contributed by atoms with Crippen molar-refractivity contribution in [2.45, 2.75) is 52.7 Å². The molecule has 2 rings (SSSR count). The van der Waals surface area contributed by atoms with Gasteiger partial charge in [0.05, 0.1) is 0 Å². The molecule has 1 fully saturated rings. The molecule has 6 heteroatoms. The van der Waals surface area contributed by atoms with E-state index in [1.54, 1.807) is 11.0 Å². The maximum absolute atomic E-state index is 12.3. The van der Waals surface area contributed by atoms with Crippen molar-refractivity contribution in [2.24, 2.45) is 5.92 Å². The zero-order chi connectivity index (χ0) is 18.6. The monoisotopic (exact) mass is 348 g/mol. The molecule has 1 aliphatic heterocycles. The van der Waals surface area contributed by atoms with Crippen LogP contribution >= 0.6 is 0 Å². The zero-order valence-electron chi connectivity index (χ0n) is 15.7. The van der Waals surface area contributed by atoms with Gasteiger partial charge in [-0.15, -0.1) is 0 Å². The van der Waals surface area contributed by atoms with E-state index >= 15 is 0 Å². The van der Waals surface area contributed by atoms with Crippen molar-refractivity contribution in [1.82, 2.24) is 10.2 Å². The third-order valence-electron chi connectivity index (χ3n) is 4.07. The van der Waals surface area contributed by atoms with E-state index in [1.165, 1.54) is 6.08 Å². The number of alkyl carbamates (subject to hydrolysis) is 1. The van der Waals surface area contributed by atoms with Crippen LogP contribution in [-0.4, -0.2) is 41.6 Å². The second-order valence-corrected chi connectivity index (χ2v) is 7.58. The van der Waals surface area contributed by atoms with E-state index in [0.717, 1.165) is 5.76 Å². The molecule has 2 amide bonds. The minimum Gasteiger partial charge on any atom is -0.462 e. The molecule has 0 radical (unpaired) electrons. The van der Waals surface area contributed by atoms with Crippen LogP contribution in [0.2, 0.25) is 0 Å². The van der Waals surface area contributed by atoms with Gasteiger partial charge in [-0.25, -0.2) is 4.79 Å². The first-order valence-corrected chi connectivity index (χ1v) is 8.67. The molecule has 0 unspecified atom stereocenters. The van der Waals surface area contributed by atoms with Crippen LogP contribution in [0.25, 0.3) is 6.08 Å². The van der Waals surface area contributed by atoms with Crippen LogP contribution in [0.15, 0.2) is 22.6 Å². The van der Waals surface area contributed by atoms with Crippen molar-refractivity contribution in [2.75, 3.05) is 13.1 Å². The largest absolute Gasteiger partial charge is 0.462 e. The molecule has 1 N–H and O–H groups in total. The van der Waals surface area contributed by atoms with Gasteiger partial charge in [-0.3, -0.25) is 4.79 Å². The van der Waals surface area contributed by atoms with Crippen LogP contribution in [0.4, 0.5) is 4.79 Å². The number of carbonyl (C=O) groups is 2. The fraction of sp³-hybridized carbons (Fsp3) is 0.579. The highest BCUT2D eigenvalue weighted by Gasteiger charge is 2.30. The fourth-order valence-corrected chi connectivity index (χ4v) is 2.82. The van der Waals surface area contributed by atoms with Crippen LogP contribution in [0, 0.1) is 12.8 Å². The number of likely N-dealkylation sites (tertiary alicyclic amines) is 1. The summed E-state index contributed by atoms with van der Waals surface area (Å²) in [6, 6.07) is 3.70. The Balaban J connectivity index is 1.85. The number of nitrogens with one attached hydrogen (secondary N) is 1. The minimum atomic E-state index is -0.515. The number of piperidine rings is 1. The first-order chi connectivity index (χ1) is 11.6. The Bertz CT molecular complexity index is 642. The summed E-state index contributed by atoms with van der Waals surface area (Å²) in [7, 11) is 0. The van der Waals surface area contributed by atoms with Crippen molar-refractivity contribution in [3.05, 3.63) is 29.7 Å². The third-order valence-corrected chi connectivity index (χ3v) is 4.07. The second-order valence-electron chi connectivity index (χ2n) is 7.58. The van der Waals surface area contributed by atoms with E-state index in [0.29, 0.717) is 25.3 Å².